The molecule has 162 valence electrons. The van der Waals surface area contributed by atoms with Gasteiger partial charge in [-0.15, -0.1) is 0 Å². The van der Waals surface area contributed by atoms with Crippen molar-refractivity contribution in [3.63, 3.8) is 0 Å². The zero-order chi connectivity index (χ0) is 21.9. The molecule has 30 heavy (non-hydrogen) atoms. The van der Waals surface area contributed by atoms with Gasteiger partial charge in [-0.05, 0) is 12.1 Å². The SMILES string of the molecule is COC(COCCNC(=O)c1c(Oc2ccccc2)c(=O)ccn1NC(=O)O)OC. The molecule has 0 atom stereocenters. The van der Waals surface area contributed by atoms with Crippen molar-refractivity contribution in [1.29, 1.82) is 0 Å². The fraction of sp³-hybridized carbons (Fsp3) is 0.316. The number of carboxylic acid groups (broad SMARTS) is 1. The number of nitrogens with one attached hydrogen (secondary N) is 2. The number of hydrogen-bond acceptors (Lipinski definition) is 7. The van der Waals surface area contributed by atoms with Crippen LogP contribution >= 0.6 is 0 Å². The number of amides is 2. The van der Waals surface area contributed by atoms with Crippen molar-refractivity contribution in [1.82, 2.24) is 9.99 Å². The maximum absolute atomic E-state index is 12.7. The van der Waals surface area contributed by atoms with Gasteiger partial charge in [0.05, 0.1) is 13.2 Å². The molecule has 1 aromatic carbocycles. The molecule has 11 nitrogen and oxygen atoms in total. The first-order valence-electron chi connectivity index (χ1n) is 8.86. The number of hydrogen-bond donors (Lipinski definition) is 3. The fourth-order valence-electron chi connectivity index (χ4n) is 2.36. The number of carbonyl (C=O) groups is 2. The van der Waals surface area contributed by atoms with Gasteiger partial charge in [-0.25, -0.2) is 14.9 Å². The van der Waals surface area contributed by atoms with Crippen LogP contribution in [0.5, 0.6) is 11.5 Å². The van der Waals surface area contributed by atoms with Gasteiger partial charge in [-0.1, -0.05) is 18.2 Å². The lowest BCUT2D eigenvalue weighted by Gasteiger charge is -2.17. The third kappa shape index (κ3) is 6.58. The molecule has 2 amide bonds. The highest BCUT2D eigenvalue weighted by atomic mass is 16.7. The summed E-state index contributed by atoms with van der Waals surface area (Å²) in [6, 6.07) is 9.42. The Hall–Kier alpha value is -3.41. The third-order valence-corrected chi connectivity index (χ3v) is 3.76. The van der Waals surface area contributed by atoms with E-state index in [1.54, 1.807) is 30.3 Å². The van der Waals surface area contributed by atoms with Crippen LogP contribution in [-0.4, -0.2) is 62.1 Å². The van der Waals surface area contributed by atoms with Gasteiger partial charge in [-0.2, -0.15) is 0 Å². The summed E-state index contributed by atoms with van der Waals surface area (Å²) in [5.41, 5.74) is 1.13. The Morgan fingerprint density at radius 3 is 2.47 bits per heavy atom. The van der Waals surface area contributed by atoms with Gasteiger partial charge in [-0.3, -0.25) is 9.59 Å². The summed E-state index contributed by atoms with van der Waals surface area (Å²) in [5.74, 6) is -0.744. The minimum atomic E-state index is -1.42. The number of rotatable bonds is 11. The second-order valence-corrected chi connectivity index (χ2v) is 5.79. The average Bonchev–Trinajstić information content (AvgIpc) is 2.73. The topological polar surface area (TPSA) is 137 Å². The highest BCUT2D eigenvalue weighted by Gasteiger charge is 2.22. The Morgan fingerprint density at radius 2 is 1.83 bits per heavy atom. The normalized spacial score (nSPS) is 10.6. The van der Waals surface area contributed by atoms with Crippen LogP contribution in [0.15, 0.2) is 47.4 Å². The largest absolute Gasteiger partial charge is 0.464 e. The first-order valence-corrected chi connectivity index (χ1v) is 8.86. The van der Waals surface area contributed by atoms with Crippen LogP contribution in [0.1, 0.15) is 10.5 Å². The summed E-state index contributed by atoms with van der Waals surface area (Å²) in [6.45, 7) is 0.370. The van der Waals surface area contributed by atoms with E-state index in [1.165, 1.54) is 14.2 Å². The van der Waals surface area contributed by atoms with E-state index in [2.05, 4.69) is 5.32 Å². The first kappa shape index (κ1) is 22.9. The quantitative estimate of drug-likeness (QED) is 0.364. The van der Waals surface area contributed by atoms with Crippen LogP contribution in [0.3, 0.4) is 0 Å². The number of aromatic nitrogens is 1. The molecule has 0 saturated carbocycles. The number of para-hydroxylation sites is 1. The zero-order valence-electron chi connectivity index (χ0n) is 16.5. The van der Waals surface area contributed by atoms with Gasteiger partial charge in [0.1, 0.15) is 5.75 Å². The number of benzene rings is 1. The van der Waals surface area contributed by atoms with Crippen LogP contribution in [0.2, 0.25) is 0 Å². The van der Waals surface area contributed by atoms with E-state index >= 15 is 0 Å². The molecule has 0 radical (unpaired) electrons. The van der Waals surface area contributed by atoms with E-state index in [9.17, 15) is 14.4 Å². The van der Waals surface area contributed by atoms with E-state index in [4.69, 9.17) is 24.1 Å². The molecule has 0 spiro atoms. The van der Waals surface area contributed by atoms with Gasteiger partial charge in [0.25, 0.3) is 5.91 Å². The van der Waals surface area contributed by atoms with Crippen molar-refractivity contribution in [3.8, 4) is 11.5 Å². The van der Waals surface area contributed by atoms with E-state index < -0.39 is 23.7 Å². The van der Waals surface area contributed by atoms with E-state index in [0.29, 0.717) is 5.75 Å². The summed E-state index contributed by atoms with van der Waals surface area (Å²) in [4.78, 5) is 36.2. The highest BCUT2D eigenvalue weighted by molar-refractivity contribution is 5.96. The molecule has 0 aliphatic rings. The Bertz CT molecular complexity index is 896. The minimum Gasteiger partial charge on any atom is -0.464 e. The van der Waals surface area contributed by atoms with Crippen LogP contribution in [-0.2, 0) is 14.2 Å². The van der Waals surface area contributed by atoms with Gasteiger partial charge in [0.15, 0.2) is 12.0 Å². The summed E-state index contributed by atoms with van der Waals surface area (Å²) in [5, 5.41) is 11.6. The minimum absolute atomic E-state index is 0.0832. The molecule has 0 aliphatic heterocycles. The number of ether oxygens (including phenoxy) is 4. The predicted molar refractivity (Wildman–Crippen MR) is 106 cm³/mol. The average molecular weight is 421 g/mol. The lowest BCUT2D eigenvalue weighted by Crippen LogP contribution is -2.35. The second-order valence-electron chi connectivity index (χ2n) is 5.79. The molecule has 0 fully saturated rings. The Labute approximate surface area is 172 Å². The van der Waals surface area contributed by atoms with E-state index in [-0.39, 0.29) is 31.2 Å². The summed E-state index contributed by atoms with van der Waals surface area (Å²) in [6.07, 6.45) is -0.834. The Morgan fingerprint density at radius 1 is 1.13 bits per heavy atom. The first-order chi connectivity index (χ1) is 14.5. The number of methoxy groups -OCH3 is 2. The Kier molecular flexibility index (Phi) is 8.81. The standard InChI is InChI=1S/C19H23N3O8/c1-27-15(28-2)12-29-11-9-20-18(24)16-17(30-13-6-4-3-5-7-13)14(23)8-10-22(16)21-19(25)26/h3-8,10,15,21H,9,11-12H2,1-2H3,(H,20,24)(H,25,26). The van der Waals surface area contributed by atoms with Crippen molar-refractivity contribution in [3.05, 3.63) is 58.5 Å². The van der Waals surface area contributed by atoms with Crippen LogP contribution in [0, 0.1) is 0 Å². The zero-order valence-corrected chi connectivity index (χ0v) is 16.5. The lowest BCUT2D eigenvalue weighted by atomic mass is 10.2. The van der Waals surface area contributed by atoms with Gasteiger partial charge < -0.3 is 29.4 Å². The molecular formula is C19H23N3O8. The molecule has 1 heterocycles. The predicted octanol–water partition coefficient (Wildman–Crippen LogP) is 1.23. The Balaban J connectivity index is 2.18. The number of pyridine rings is 1. The van der Waals surface area contributed by atoms with Crippen molar-refractivity contribution in [2.45, 2.75) is 6.29 Å². The van der Waals surface area contributed by atoms with Crippen molar-refractivity contribution in [2.75, 3.05) is 39.4 Å². The molecular weight excluding hydrogens is 398 g/mol. The molecule has 1 aromatic heterocycles. The lowest BCUT2D eigenvalue weighted by molar-refractivity contribution is -0.139. The van der Waals surface area contributed by atoms with Crippen molar-refractivity contribution < 1.29 is 33.6 Å². The van der Waals surface area contributed by atoms with Crippen LogP contribution in [0.4, 0.5) is 4.79 Å². The number of carbonyl (C=O) groups excluding carboxylic acids is 1. The molecule has 2 rings (SSSR count). The molecule has 2 aromatic rings. The van der Waals surface area contributed by atoms with Crippen molar-refractivity contribution >= 4 is 12.0 Å². The molecule has 11 heteroatoms. The van der Waals surface area contributed by atoms with E-state index in [1.807, 2.05) is 5.43 Å². The summed E-state index contributed by atoms with van der Waals surface area (Å²) in [7, 11) is 2.94. The second kappa shape index (κ2) is 11.6. The van der Waals surface area contributed by atoms with E-state index in [0.717, 1.165) is 16.9 Å². The highest BCUT2D eigenvalue weighted by Crippen LogP contribution is 2.21. The maximum atomic E-state index is 12.7. The summed E-state index contributed by atoms with van der Waals surface area (Å²) < 4.78 is 21.8. The monoisotopic (exact) mass is 421 g/mol. The van der Waals surface area contributed by atoms with Crippen molar-refractivity contribution in [2.24, 2.45) is 0 Å². The molecule has 0 saturated heterocycles. The molecule has 3 N–H and O–H groups in total. The molecule has 0 unspecified atom stereocenters. The number of nitrogens with zero attached hydrogens (tertiary/aromatic N) is 1. The molecule has 0 aliphatic carbocycles. The molecule has 0 bridgehead atoms. The smallest absolute Gasteiger partial charge is 0.423 e. The van der Waals surface area contributed by atoms with Gasteiger partial charge >= 0.3 is 6.09 Å². The van der Waals surface area contributed by atoms with Gasteiger partial charge in [0, 0.05) is 33.0 Å². The van der Waals surface area contributed by atoms with Crippen LogP contribution in [0.25, 0.3) is 0 Å². The maximum Gasteiger partial charge on any atom is 0.423 e. The third-order valence-electron chi connectivity index (χ3n) is 3.76. The summed E-state index contributed by atoms with van der Waals surface area (Å²) >= 11 is 0. The fourth-order valence-corrected chi connectivity index (χ4v) is 2.36. The van der Waals surface area contributed by atoms with Gasteiger partial charge in [0.2, 0.25) is 11.2 Å². The van der Waals surface area contributed by atoms with Crippen LogP contribution < -0.4 is 20.9 Å².